The molecule has 1 aromatic heterocycles. The summed E-state index contributed by atoms with van der Waals surface area (Å²) in [5.41, 5.74) is -0.0740. The number of rotatable bonds is 5. The number of hydrogen-bond acceptors (Lipinski definition) is 5. The second kappa shape index (κ2) is 6.57. The highest BCUT2D eigenvalue weighted by molar-refractivity contribution is 6.28. The van der Waals surface area contributed by atoms with Crippen molar-refractivity contribution >= 4 is 23.2 Å². The molecular formula is C12H10ClF3N4O. The average Bonchev–Trinajstić information content (AvgIpc) is 2.42. The SMILES string of the molecule is CCCOc1nc(Cl)nc(Nc2cc(F)c(F)c(F)c2)n1. The highest BCUT2D eigenvalue weighted by Crippen LogP contribution is 2.21. The first kappa shape index (κ1) is 15.3. The van der Waals surface area contributed by atoms with Crippen molar-refractivity contribution < 1.29 is 17.9 Å². The van der Waals surface area contributed by atoms with Crippen LogP contribution in [-0.2, 0) is 0 Å². The summed E-state index contributed by atoms with van der Waals surface area (Å²) in [6.07, 6.45) is 0.737. The average molecular weight is 319 g/mol. The summed E-state index contributed by atoms with van der Waals surface area (Å²) >= 11 is 5.69. The van der Waals surface area contributed by atoms with Crippen LogP contribution in [0.2, 0.25) is 5.28 Å². The largest absolute Gasteiger partial charge is 0.463 e. The Morgan fingerprint density at radius 2 is 1.81 bits per heavy atom. The molecule has 0 amide bonds. The summed E-state index contributed by atoms with van der Waals surface area (Å²) in [4.78, 5) is 11.3. The normalized spacial score (nSPS) is 10.5. The van der Waals surface area contributed by atoms with Crippen LogP contribution in [-0.4, -0.2) is 21.6 Å². The van der Waals surface area contributed by atoms with Crippen molar-refractivity contribution in [2.75, 3.05) is 11.9 Å². The molecule has 0 bridgehead atoms. The first-order valence-corrected chi connectivity index (χ1v) is 6.33. The molecule has 0 spiro atoms. The van der Waals surface area contributed by atoms with Gasteiger partial charge in [0.1, 0.15) is 0 Å². The third-order valence-corrected chi connectivity index (χ3v) is 2.43. The third kappa shape index (κ3) is 3.94. The number of anilines is 2. The molecule has 9 heteroatoms. The lowest BCUT2D eigenvalue weighted by atomic mass is 10.3. The fraction of sp³-hybridized carbons (Fsp3) is 0.250. The van der Waals surface area contributed by atoms with Crippen LogP contribution in [0.15, 0.2) is 12.1 Å². The van der Waals surface area contributed by atoms with Gasteiger partial charge in [0.25, 0.3) is 0 Å². The van der Waals surface area contributed by atoms with Gasteiger partial charge in [-0.15, -0.1) is 0 Å². The second-order valence-corrected chi connectivity index (χ2v) is 4.28. The summed E-state index contributed by atoms with van der Waals surface area (Å²) in [6, 6.07) is 1.51. The van der Waals surface area contributed by atoms with E-state index in [9.17, 15) is 13.2 Å². The standard InChI is InChI=1S/C12H10ClF3N4O/c1-2-3-21-12-19-10(13)18-11(20-12)17-6-4-7(14)9(16)8(15)5-6/h4-5H,2-3H2,1H3,(H,17,18,19,20). The number of nitrogens with one attached hydrogen (secondary N) is 1. The van der Waals surface area contributed by atoms with Gasteiger partial charge >= 0.3 is 6.01 Å². The maximum Gasteiger partial charge on any atom is 0.322 e. The lowest BCUT2D eigenvalue weighted by molar-refractivity contribution is 0.292. The minimum atomic E-state index is -1.55. The molecule has 0 saturated heterocycles. The van der Waals surface area contributed by atoms with Crippen LogP contribution in [0.1, 0.15) is 13.3 Å². The zero-order valence-corrected chi connectivity index (χ0v) is 11.6. The van der Waals surface area contributed by atoms with E-state index >= 15 is 0 Å². The molecule has 0 saturated carbocycles. The van der Waals surface area contributed by atoms with Gasteiger partial charge in [-0.05, 0) is 18.0 Å². The van der Waals surface area contributed by atoms with Crippen LogP contribution in [0.25, 0.3) is 0 Å². The van der Waals surface area contributed by atoms with Gasteiger partial charge in [-0.1, -0.05) is 6.92 Å². The van der Waals surface area contributed by atoms with Crippen molar-refractivity contribution in [3.05, 3.63) is 34.9 Å². The summed E-state index contributed by atoms with van der Waals surface area (Å²) < 4.78 is 44.3. The molecule has 0 aliphatic heterocycles. The Bertz CT molecular complexity index is 633. The Hall–Kier alpha value is -2.09. The monoisotopic (exact) mass is 318 g/mol. The highest BCUT2D eigenvalue weighted by atomic mass is 35.5. The summed E-state index contributed by atoms with van der Waals surface area (Å²) in [7, 11) is 0. The minimum Gasteiger partial charge on any atom is -0.463 e. The smallest absolute Gasteiger partial charge is 0.322 e. The van der Waals surface area contributed by atoms with Crippen molar-refractivity contribution in [1.82, 2.24) is 15.0 Å². The van der Waals surface area contributed by atoms with Crippen molar-refractivity contribution in [1.29, 1.82) is 0 Å². The van der Waals surface area contributed by atoms with Gasteiger partial charge in [0.15, 0.2) is 17.5 Å². The molecule has 2 rings (SSSR count). The molecule has 0 aliphatic carbocycles. The van der Waals surface area contributed by atoms with E-state index in [1.165, 1.54) is 0 Å². The molecular weight excluding hydrogens is 309 g/mol. The number of benzene rings is 1. The fourth-order valence-corrected chi connectivity index (χ4v) is 1.55. The van der Waals surface area contributed by atoms with E-state index in [0.717, 1.165) is 18.6 Å². The van der Waals surface area contributed by atoms with Gasteiger partial charge in [0.2, 0.25) is 11.2 Å². The maximum atomic E-state index is 13.1. The summed E-state index contributed by atoms with van der Waals surface area (Å²) in [5, 5.41) is 2.35. The number of aromatic nitrogens is 3. The Morgan fingerprint density at radius 1 is 1.14 bits per heavy atom. The van der Waals surface area contributed by atoms with E-state index in [2.05, 4.69) is 20.3 Å². The molecule has 21 heavy (non-hydrogen) atoms. The quantitative estimate of drug-likeness (QED) is 0.855. The molecule has 112 valence electrons. The molecule has 1 aromatic carbocycles. The second-order valence-electron chi connectivity index (χ2n) is 3.94. The summed E-state index contributed by atoms with van der Waals surface area (Å²) in [5.74, 6) is -4.30. The van der Waals surface area contributed by atoms with E-state index in [1.54, 1.807) is 0 Å². The van der Waals surface area contributed by atoms with Gasteiger partial charge < -0.3 is 10.1 Å². The molecule has 0 unspecified atom stereocenters. The van der Waals surface area contributed by atoms with E-state index in [1.807, 2.05) is 6.92 Å². The summed E-state index contributed by atoms with van der Waals surface area (Å²) in [6.45, 7) is 2.27. The van der Waals surface area contributed by atoms with Crippen LogP contribution in [0.4, 0.5) is 24.8 Å². The van der Waals surface area contributed by atoms with Crippen LogP contribution >= 0.6 is 11.6 Å². The zero-order valence-electron chi connectivity index (χ0n) is 10.8. The Balaban J connectivity index is 2.24. The van der Waals surface area contributed by atoms with Crippen LogP contribution in [0.5, 0.6) is 6.01 Å². The fourth-order valence-electron chi connectivity index (χ4n) is 1.40. The third-order valence-electron chi connectivity index (χ3n) is 2.26. The highest BCUT2D eigenvalue weighted by Gasteiger charge is 2.12. The minimum absolute atomic E-state index is 0.0256. The predicted molar refractivity (Wildman–Crippen MR) is 70.2 cm³/mol. The predicted octanol–water partition coefficient (Wildman–Crippen LogP) is 3.47. The number of halogens is 4. The number of nitrogens with zero attached hydrogens (tertiary/aromatic N) is 3. The number of hydrogen-bond donors (Lipinski definition) is 1. The molecule has 1 N–H and O–H groups in total. The lowest BCUT2D eigenvalue weighted by Gasteiger charge is -2.08. The van der Waals surface area contributed by atoms with Crippen molar-refractivity contribution in [3.63, 3.8) is 0 Å². The zero-order chi connectivity index (χ0) is 15.4. The molecule has 0 aliphatic rings. The van der Waals surface area contributed by atoms with Gasteiger partial charge in [0.05, 0.1) is 6.61 Å². The molecule has 1 heterocycles. The van der Waals surface area contributed by atoms with Crippen molar-refractivity contribution in [2.24, 2.45) is 0 Å². The molecule has 2 aromatic rings. The maximum absolute atomic E-state index is 13.1. The van der Waals surface area contributed by atoms with E-state index in [4.69, 9.17) is 16.3 Å². The lowest BCUT2D eigenvalue weighted by Crippen LogP contribution is -2.05. The van der Waals surface area contributed by atoms with Crippen molar-refractivity contribution in [3.8, 4) is 6.01 Å². The van der Waals surface area contributed by atoms with E-state index in [0.29, 0.717) is 6.61 Å². The molecule has 0 radical (unpaired) electrons. The first-order chi connectivity index (χ1) is 9.99. The van der Waals surface area contributed by atoms with E-state index < -0.39 is 17.5 Å². The molecule has 5 nitrogen and oxygen atoms in total. The molecule has 0 fully saturated rings. The van der Waals surface area contributed by atoms with Gasteiger partial charge in [-0.3, -0.25) is 0 Å². The van der Waals surface area contributed by atoms with Gasteiger partial charge in [-0.2, -0.15) is 15.0 Å². The Kier molecular flexibility index (Phi) is 4.79. The van der Waals surface area contributed by atoms with Crippen LogP contribution in [0, 0.1) is 17.5 Å². The van der Waals surface area contributed by atoms with Gasteiger partial charge in [-0.25, -0.2) is 13.2 Å². The van der Waals surface area contributed by atoms with E-state index in [-0.39, 0.29) is 22.9 Å². The topological polar surface area (TPSA) is 59.9 Å². The Labute approximate surface area is 123 Å². The Morgan fingerprint density at radius 3 is 2.43 bits per heavy atom. The van der Waals surface area contributed by atoms with Crippen molar-refractivity contribution in [2.45, 2.75) is 13.3 Å². The van der Waals surface area contributed by atoms with Crippen LogP contribution < -0.4 is 10.1 Å². The molecule has 0 atom stereocenters. The van der Waals surface area contributed by atoms with Crippen LogP contribution in [0.3, 0.4) is 0 Å². The number of ether oxygens (including phenoxy) is 1. The van der Waals surface area contributed by atoms with Gasteiger partial charge in [0, 0.05) is 17.8 Å². The first-order valence-electron chi connectivity index (χ1n) is 5.95.